The van der Waals surface area contributed by atoms with Gasteiger partial charge in [-0.05, 0) is 31.2 Å². The van der Waals surface area contributed by atoms with Crippen LogP contribution in [0.25, 0.3) is 11.3 Å². The van der Waals surface area contributed by atoms with Crippen LogP contribution in [0.2, 0.25) is 0 Å². The number of aromatic nitrogens is 3. The molecule has 0 aliphatic rings. The maximum atomic E-state index is 8.90. The van der Waals surface area contributed by atoms with Crippen LogP contribution in [0.5, 0.6) is 5.75 Å². The van der Waals surface area contributed by atoms with Gasteiger partial charge in [-0.1, -0.05) is 5.21 Å². The Hall–Kier alpha value is -1.92. The molecule has 0 saturated carbocycles. The van der Waals surface area contributed by atoms with E-state index in [9.17, 15) is 0 Å². The first kappa shape index (κ1) is 13.5. The van der Waals surface area contributed by atoms with Crippen molar-refractivity contribution >= 4 is 0 Å². The lowest BCUT2D eigenvalue weighted by atomic mass is 10.1. The third-order valence-corrected chi connectivity index (χ3v) is 2.66. The van der Waals surface area contributed by atoms with Crippen molar-refractivity contribution in [3.8, 4) is 17.0 Å². The fourth-order valence-corrected chi connectivity index (χ4v) is 1.71. The van der Waals surface area contributed by atoms with Gasteiger partial charge in [-0.3, -0.25) is 4.68 Å². The fourth-order valence-electron chi connectivity index (χ4n) is 1.71. The van der Waals surface area contributed by atoms with Crippen molar-refractivity contribution in [1.82, 2.24) is 15.0 Å². The molecule has 102 valence electrons. The molecule has 2 rings (SSSR count). The van der Waals surface area contributed by atoms with Gasteiger partial charge in [-0.25, -0.2) is 0 Å². The Kier molecular flexibility index (Phi) is 4.48. The largest absolute Gasteiger partial charge is 0.494 e. The van der Waals surface area contributed by atoms with Crippen LogP contribution in [0.1, 0.15) is 6.92 Å². The summed E-state index contributed by atoms with van der Waals surface area (Å²) >= 11 is 0. The lowest BCUT2D eigenvalue weighted by molar-refractivity contribution is 0.250. The number of ether oxygens (including phenoxy) is 1. The van der Waals surface area contributed by atoms with E-state index >= 15 is 0 Å². The molecular weight excluding hydrogens is 244 g/mol. The predicted octanol–water partition coefficient (Wildman–Crippen LogP) is 0.663. The van der Waals surface area contributed by atoms with Gasteiger partial charge in [0.25, 0.3) is 0 Å². The zero-order valence-corrected chi connectivity index (χ0v) is 10.9. The van der Waals surface area contributed by atoms with Crippen LogP contribution in [0.15, 0.2) is 30.5 Å². The smallest absolute Gasteiger partial charge is 0.119 e. The first-order valence-corrected chi connectivity index (χ1v) is 6.22. The number of benzene rings is 1. The van der Waals surface area contributed by atoms with Crippen molar-refractivity contribution in [3.63, 3.8) is 0 Å². The van der Waals surface area contributed by atoms with Crippen molar-refractivity contribution in [2.24, 2.45) is 5.73 Å². The van der Waals surface area contributed by atoms with Crippen LogP contribution < -0.4 is 10.5 Å². The van der Waals surface area contributed by atoms with E-state index < -0.39 is 0 Å². The number of hydrogen-bond acceptors (Lipinski definition) is 5. The van der Waals surface area contributed by atoms with E-state index in [1.807, 2.05) is 37.4 Å². The molecule has 1 aromatic carbocycles. The Balaban J connectivity index is 2.09. The highest BCUT2D eigenvalue weighted by Crippen LogP contribution is 2.20. The first-order chi connectivity index (χ1) is 9.22. The minimum absolute atomic E-state index is 0.0712. The molecule has 19 heavy (non-hydrogen) atoms. The monoisotopic (exact) mass is 262 g/mol. The van der Waals surface area contributed by atoms with Crippen molar-refractivity contribution < 1.29 is 9.84 Å². The molecule has 1 heterocycles. The summed E-state index contributed by atoms with van der Waals surface area (Å²) in [5.41, 5.74) is 7.39. The lowest BCUT2D eigenvalue weighted by Crippen LogP contribution is -2.30. The van der Waals surface area contributed by atoms with Gasteiger partial charge in [0.2, 0.25) is 0 Å². The summed E-state index contributed by atoms with van der Waals surface area (Å²) in [5, 5.41) is 17.0. The van der Waals surface area contributed by atoms with Crippen LogP contribution in [0.3, 0.4) is 0 Å². The maximum Gasteiger partial charge on any atom is 0.119 e. The predicted molar refractivity (Wildman–Crippen MR) is 71.7 cm³/mol. The number of aliphatic hydroxyl groups excluding tert-OH is 1. The minimum Gasteiger partial charge on any atom is -0.494 e. The molecule has 0 aliphatic carbocycles. The topological polar surface area (TPSA) is 86.2 Å². The number of nitrogens with two attached hydrogens (primary N) is 1. The quantitative estimate of drug-likeness (QED) is 0.798. The number of rotatable bonds is 6. The van der Waals surface area contributed by atoms with Gasteiger partial charge >= 0.3 is 0 Å². The molecule has 0 amide bonds. The molecule has 0 unspecified atom stereocenters. The van der Waals surface area contributed by atoms with Crippen LogP contribution >= 0.6 is 0 Å². The molecule has 0 fully saturated rings. The van der Waals surface area contributed by atoms with Gasteiger partial charge in [-0.15, -0.1) is 5.10 Å². The maximum absolute atomic E-state index is 8.90. The summed E-state index contributed by atoms with van der Waals surface area (Å²) in [6.07, 6.45) is 1.81. The normalized spacial score (nSPS) is 12.4. The van der Waals surface area contributed by atoms with E-state index in [4.69, 9.17) is 15.6 Å². The molecule has 3 N–H and O–H groups in total. The SMILES string of the molecule is CCOc1ccc(-c2cn(C[C@H](N)CO)nn2)cc1. The molecule has 1 aromatic heterocycles. The Labute approximate surface area is 111 Å². The molecule has 0 saturated heterocycles. The zero-order chi connectivity index (χ0) is 13.7. The van der Waals surface area contributed by atoms with Crippen molar-refractivity contribution in [2.45, 2.75) is 19.5 Å². The van der Waals surface area contributed by atoms with Crippen molar-refractivity contribution in [3.05, 3.63) is 30.5 Å². The number of hydrogen-bond donors (Lipinski definition) is 2. The number of nitrogens with zero attached hydrogens (tertiary/aromatic N) is 3. The standard InChI is InChI=1S/C13H18N4O2/c1-2-19-12-5-3-10(4-6-12)13-8-17(16-15-13)7-11(14)9-18/h3-6,8,11,18H,2,7,9,14H2,1H3/t11-/m0/s1. The Bertz CT molecular complexity index is 510. The average Bonchev–Trinajstić information content (AvgIpc) is 2.88. The summed E-state index contributed by atoms with van der Waals surface area (Å²) in [6.45, 7) is 2.97. The molecule has 1 atom stereocenters. The van der Waals surface area contributed by atoms with Crippen molar-refractivity contribution in [2.75, 3.05) is 13.2 Å². The summed E-state index contributed by atoms with van der Waals surface area (Å²) in [7, 11) is 0. The molecule has 6 heteroatoms. The Morgan fingerprint density at radius 3 is 2.74 bits per heavy atom. The van der Waals surface area contributed by atoms with Crippen LogP contribution in [0, 0.1) is 0 Å². The molecule has 0 radical (unpaired) electrons. The van der Waals surface area contributed by atoms with E-state index in [1.54, 1.807) is 4.68 Å². The summed E-state index contributed by atoms with van der Waals surface area (Å²) in [6, 6.07) is 7.35. The molecule has 2 aromatic rings. The van der Waals surface area contributed by atoms with E-state index in [1.165, 1.54) is 0 Å². The third-order valence-electron chi connectivity index (χ3n) is 2.66. The van der Waals surface area contributed by atoms with Gasteiger partial charge in [0, 0.05) is 11.6 Å². The Morgan fingerprint density at radius 2 is 2.11 bits per heavy atom. The highest BCUT2D eigenvalue weighted by Gasteiger charge is 2.07. The zero-order valence-electron chi connectivity index (χ0n) is 10.9. The van der Waals surface area contributed by atoms with Gasteiger partial charge in [0.05, 0.1) is 26.0 Å². The summed E-state index contributed by atoms with van der Waals surface area (Å²) in [4.78, 5) is 0. The van der Waals surface area contributed by atoms with E-state index in [2.05, 4.69) is 10.3 Å². The molecule has 6 nitrogen and oxygen atoms in total. The summed E-state index contributed by atoms with van der Waals surface area (Å²) < 4.78 is 7.02. The molecule has 0 bridgehead atoms. The molecular formula is C13H18N4O2. The van der Waals surface area contributed by atoms with Gasteiger partial charge in [0.15, 0.2) is 0 Å². The van der Waals surface area contributed by atoms with Crippen LogP contribution in [0.4, 0.5) is 0 Å². The van der Waals surface area contributed by atoms with Crippen LogP contribution in [-0.2, 0) is 6.54 Å². The van der Waals surface area contributed by atoms with Gasteiger partial charge in [0.1, 0.15) is 11.4 Å². The van der Waals surface area contributed by atoms with Crippen molar-refractivity contribution in [1.29, 1.82) is 0 Å². The summed E-state index contributed by atoms with van der Waals surface area (Å²) in [5.74, 6) is 0.834. The number of aliphatic hydroxyl groups is 1. The second kappa shape index (κ2) is 6.31. The highest BCUT2D eigenvalue weighted by atomic mass is 16.5. The third kappa shape index (κ3) is 3.52. The van der Waals surface area contributed by atoms with Crippen LogP contribution in [-0.4, -0.2) is 39.4 Å². The van der Waals surface area contributed by atoms with E-state index in [-0.39, 0.29) is 12.6 Å². The minimum atomic E-state index is -0.324. The van der Waals surface area contributed by atoms with Gasteiger partial charge < -0.3 is 15.6 Å². The second-order valence-corrected chi connectivity index (χ2v) is 4.23. The molecule has 0 aliphatic heterocycles. The first-order valence-electron chi connectivity index (χ1n) is 6.22. The van der Waals surface area contributed by atoms with E-state index in [0.29, 0.717) is 13.2 Å². The van der Waals surface area contributed by atoms with E-state index in [0.717, 1.165) is 17.0 Å². The average molecular weight is 262 g/mol. The van der Waals surface area contributed by atoms with Gasteiger partial charge in [-0.2, -0.15) is 0 Å². The molecule has 0 spiro atoms. The fraction of sp³-hybridized carbons (Fsp3) is 0.385. The Morgan fingerprint density at radius 1 is 1.37 bits per heavy atom. The highest BCUT2D eigenvalue weighted by molar-refractivity contribution is 5.58. The second-order valence-electron chi connectivity index (χ2n) is 4.23. The lowest BCUT2D eigenvalue weighted by Gasteiger charge is -2.06.